The Hall–Kier alpha value is -2.29. The van der Waals surface area contributed by atoms with Crippen molar-refractivity contribution < 1.29 is 9.53 Å². The first-order valence-corrected chi connectivity index (χ1v) is 8.07. The van der Waals surface area contributed by atoms with Crippen molar-refractivity contribution in [3.63, 3.8) is 0 Å². The van der Waals surface area contributed by atoms with Gasteiger partial charge in [0.05, 0.1) is 0 Å². The van der Waals surface area contributed by atoms with Gasteiger partial charge in [-0.3, -0.25) is 4.79 Å². The molecule has 1 amide bonds. The highest BCUT2D eigenvalue weighted by atomic mass is 16.5. The summed E-state index contributed by atoms with van der Waals surface area (Å²) in [6.45, 7) is 6.56. The molecule has 122 valence electrons. The molecule has 3 nitrogen and oxygen atoms in total. The molecule has 2 aromatic carbocycles. The Bertz CT molecular complexity index is 679. The van der Waals surface area contributed by atoms with Crippen molar-refractivity contribution in [1.82, 2.24) is 0 Å². The fraction of sp³-hybridized carbons (Fsp3) is 0.350. The Kier molecular flexibility index (Phi) is 5.80. The van der Waals surface area contributed by atoms with Gasteiger partial charge in [0.15, 0.2) is 0 Å². The number of amides is 1. The normalized spacial score (nSPS) is 10.4. The van der Waals surface area contributed by atoms with Crippen LogP contribution in [0.15, 0.2) is 42.5 Å². The Balaban J connectivity index is 2.17. The second-order valence-electron chi connectivity index (χ2n) is 5.89. The van der Waals surface area contributed by atoms with Gasteiger partial charge in [0, 0.05) is 24.7 Å². The molecule has 3 heteroatoms. The van der Waals surface area contributed by atoms with E-state index in [2.05, 4.69) is 19.1 Å². The molecule has 0 saturated heterocycles. The summed E-state index contributed by atoms with van der Waals surface area (Å²) in [6.07, 6.45) is 1.41. The van der Waals surface area contributed by atoms with Crippen LogP contribution in [-0.2, 0) is 11.4 Å². The van der Waals surface area contributed by atoms with E-state index < -0.39 is 0 Å². The highest BCUT2D eigenvalue weighted by Gasteiger charge is 2.14. The van der Waals surface area contributed by atoms with Crippen molar-refractivity contribution in [3.8, 4) is 5.75 Å². The van der Waals surface area contributed by atoms with Gasteiger partial charge in [-0.25, -0.2) is 0 Å². The van der Waals surface area contributed by atoms with E-state index in [1.54, 1.807) is 4.90 Å². The second kappa shape index (κ2) is 7.82. The standard InChI is InChI=1S/C20H25NO2/c1-5-8-20(22)21(4)18-10-7-6-9-17(18)14-23-19-13-15(2)11-12-16(19)3/h6-7,9-13H,5,8,14H2,1-4H3. The van der Waals surface area contributed by atoms with Gasteiger partial charge in [-0.2, -0.15) is 0 Å². The summed E-state index contributed by atoms with van der Waals surface area (Å²) in [5, 5.41) is 0. The molecular formula is C20H25NO2. The number of ether oxygens (including phenoxy) is 1. The number of anilines is 1. The van der Waals surface area contributed by atoms with Gasteiger partial charge in [0.1, 0.15) is 12.4 Å². The number of hydrogen-bond acceptors (Lipinski definition) is 2. The molecule has 23 heavy (non-hydrogen) atoms. The number of para-hydroxylation sites is 1. The highest BCUT2D eigenvalue weighted by molar-refractivity contribution is 5.93. The van der Waals surface area contributed by atoms with Crippen molar-refractivity contribution >= 4 is 11.6 Å². The number of carbonyl (C=O) groups is 1. The first kappa shape index (κ1) is 17.1. The molecule has 2 aromatic rings. The van der Waals surface area contributed by atoms with E-state index in [1.807, 2.05) is 51.2 Å². The average molecular weight is 311 g/mol. The highest BCUT2D eigenvalue weighted by Crippen LogP contribution is 2.24. The van der Waals surface area contributed by atoms with Crippen molar-refractivity contribution in [2.75, 3.05) is 11.9 Å². The van der Waals surface area contributed by atoms with Gasteiger partial charge in [0.2, 0.25) is 5.91 Å². The van der Waals surface area contributed by atoms with E-state index in [1.165, 1.54) is 5.56 Å². The number of aryl methyl sites for hydroxylation is 2. The van der Waals surface area contributed by atoms with Crippen molar-refractivity contribution in [1.29, 1.82) is 0 Å². The minimum atomic E-state index is 0.131. The summed E-state index contributed by atoms with van der Waals surface area (Å²) in [5.41, 5.74) is 4.22. The van der Waals surface area contributed by atoms with E-state index in [9.17, 15) is 4.79 Å². The zero-order chi connectivity index (χ0) is 16.8. The van der Waals surface area contributed by atoms with Gasteiger partial charge in [0.25, 0.3) is 0 Å². The monoisotopic (exact) mass is 311 g/mol. The summed E-state index contributed by atoms with van der Waals surface area (Å²) in [4.78, 5) is 13.9. The van der Waals surface area contributed by atoms with Crippen molar-refractivity contribution in [3.05, 3.63) is 59.2 Å². The maximum atomic E-state index is 12.2. The van der Waals surface area contributed by atoms with Gasteiger partial charge >= 0.3 is 0 Å². The minimum Gasteiger partial charge on any atom is -0.489 e. The molecule has 0 saturated carbocycles. The van der Waals surface area contributed by atoms with Crippen molar-refractivity contribution in [2.24, 2.45) is 0 Å². The third-order valence-corrected chi connectivity index (χ3v) is 3.92. The van der Waals surface area contributed by atoms with Gasteiger partial charge in [-0.05, 0) is 43.5 Å². The lowest BCUT2D eigenvalue weighted by atomic mass is 10.1. The van der Waals surface area contributed by atoms with Crippen LogP contribution >= 0.6 is 0 Å². The molecule has 0 atom stereocenters. The molecule has 0 aliphatic heterocycles. The Labute approximate surface area is 138 Å². The maximum Gasteiger partial charge on any atom is 0.226 e. The molecule has 0 fully saturated rings. The number of benzene rings is 2. The van der Waals surface area contributed by atoms with Gasteiger partial charge in [-0.1, -0.05) is 37.3 Å². The molecular weight excluding hydrogens is 286 g/mol. The average Bonchev–Trinajstić information content (AvgIpc) is 2.55. The van der Waals surface area contributed by atoms with E-state index >= 15 is 0 Å². The molecule has 0 bridgehead atoms. The van der Waals surface area contributed by atoms with Crippen LogP contribution in [0.2, 0.25) is 0 Å². The zero-order valence-electron chi connectivity index (χ0n) is 14.4. The predicted octanol–water partition coefficient (Wildman–Crippen LogP) is 4.65. The Morgan fingerprint density at radius 3 is 2.61 bits per heavy atom. The first-order chi connectivity index (χ1) is 11.0. The Morgan fingerprint density at radius 1 is 1.13 bits per heavy atom. The fourth-order valence-corrected chi connectivity index (χ4v) is 2.49. The minimum absolute atomic E-state index is 0.131. The summed E-state index contributed by atoms with van der Waals surface area (Å²) < 4.78 is 6.00. The van der Waals surface area contributed by atoms with E-state index in [4.69, 9.17) is 4.74 Å². The predicted molar refractivity (Wildman–Crippen MR) is 95.0 cm³/mol. The lowest BCUT2D eigenvalue weighted by molar-refractivity contribution is -0.118. The lowest BCUT2D eigenvalue weighted by Gasteiger charge is -2.21. The third-order valence-electron chi connectivity index (χ3n) is 3.92. The largest absolute Gasteiger partial charge is 0.489 e. The lowest BCUT2D eigenvalue weighted by Crippen LogP contribution is -2.26. The summed E-state index contributed by atoms with van der Waals surface area (Å²) in [6, 6.07) is 14.1. The van der Waals surface area contributed by atoms with Crippen LogP contribution in [0, 0.1) is 13.8 Å². The van der Waals surface area contributed by atoms with Crippen molar-refractivity contribution in [2.45, 2.75) is 40.2 Å². The van der Waals surface area contributed by atoms with E-state index in [0.717, 1.165) is 29.0 Å². The molecule has 0 unspecified atom stereocenters. The Morgan fingerprint density at radius 2 is 1.87 bits per heavy atom. The molecule has 2 rings (SSSR count). The van der Waals surface area contributed by atoms with Crippen LogP contribution < -0.4 is 9.64 Å². The van der Waals surface area contributed by atoms with Crippen LogP contribution in [-0.4, -0.2) is 13.0 Å². The molecule has 0 aromatic heterocycles. The number of nitrogens with zero attached hydrogens (tertiary/aromatic N) is 1. The first-order valence-electron chi connectivity index (χ1n) is 8.07. The molecule has 0 aliphatic rings. The maximum absolute atomic E-state index is 12.2. The molecule has 0 radical (unpaired) electrons. The number of hydrogen-bond donors (Lipinski definition) is 0. The van der Waals surface area contributed by atoms with Crippen LogP contribution in [0.3, 0.4) is 0 Å². The van der Waals surface area contributed by atoms with E-state index in [-0.39, 0.29) is 5.91 Å². The fourth-order valence-electron chi connectivity index (χ4n) is 2.49. The van der Waals surface area contributed by atoms with Crippen LogP contribution in [0.5, 0.6) is 5.75 Å². The summed E-state index contributed by atoms with van der Waals surface area (Å²) >= 11 is 0. The smallest absolute Gasteiger partial charge is 0.226 e. The van der Waals surface area contributed by atoms with Gasteiger partial charge in [-0.15, -0.1) is 0 Å². The summed E-state index contributed by atoms with van der Waals surface area (Å²) in [5.74, 6) is 1.02. The van der Waals surface area contributed by atoms with Gasteiger partial charge < -0.3 is 9.64 Å². The summed E-state index contributed by atoms with van der Waals surface area (Å²) in [7, 11) is 1.83. The number of rotatable bonds is 6. The molecule has 0 spiro atoms. The van der Waals surface area contributed by atoms with Crippen LogP contribution in [0.1, 0.15) is 36.5 Å². The SMILES string of the molecule is CCCC(=O)N(C)c1ccccc1COc1cc(C)ccc1C. The van der Waals surface area contributed by atoms with Crippen LogP contribution in [0.4, 0.5) is 5.69 Å². The third kappa shape index (κ3) is 4.35. The molecule has 0 N–H and O–H groups in total. The zero-order valence-corrected chi connectivity index (χ0v) is 14.4. The molecule has 0 heterocycles. The van der Waals surface area contributed by atoms with Crippen LogP contribution in [0.25, 0.3) is 0 Å². The number of carbonyl (C=O) groups excluding carboxylic acids is 1. The molecule has 0 aliphatic carbocycles. The topological polar surface area (TPSA) is 29.5 Å². The second-order valence-corrected chi connectivity index (χ2v) is 5.89. The van der Waals surface area contributed by atoms with E-state index in [0.29, 0.717) is 13.0 Å². The quantitative estimate of drug-likeness (QED) is 0.777.